The topological polar surface area (TPSA) is 270 Å². The fourth-order valence-corrected chi connectivity index (χ4v) is 2.32. The van der Waals surface area contributed by atoms with Crippen LogP contribution in [0.1, 0.15) is 25.7 Å². The molecule has 15 nitrogen and oxygen atoms in total. The van der Waals surface area contributed by atoms with Gasteiger partial charge >= 0.3 is 11.9 Å². The Labute approximate surface area is 177 Å². The van der Waals surface area contributed by atoms with Crippen LogP contribution in [0, 0.1) is 5.41 Å². The lowest BCUT2D eigenvalue weighted by atomic mass is 10.1. The fourth-order valence-electron chi connectivity index (χ4n) is 2.32. The predicted molar refractivity (Wildman–Crippen MR) is 106 cm³/mol. The normalized spacial score (nSPS) is 13.2. The Kier molecular flexibility index (Phi) is 12.9. The van der Waals surface area contributed by atoms with Gasteiger partial charge in [0.25, 0.3) is 0 Å². The van der Waals surface area contributed by atoms with Crippen LogP contribution in [0.4, 0.5) is 0 Å². The number of aliphatic hydroxyl groups excluding tert-OH is 1. The first kappa shape index (κ1) is 27.5. The lowest BCUT2D eigenvalue weighted by Gasteiger charge is -2.23. The number of hydrogen-bond acceptors (Lipinski definition) is 8. The van der Waals surface area contributed by atoms with Crippen molar-refractivity contribution in [2.75, 3.05) is 19.7 Å². The van der Waals surface area contributed by atoms with Crippen molar-refractivity contribution in [1.29, 1.82) is 5.41 Å². The first-order chi connectivity index (χ1) is 14.5. The molecular formula is C16H29N7O8. The molecule has 15 heteroatoms. The van der Waals surface area contributed by atoms with E-state index in [4.69, 9.17) is 22.0 Å². The molecule has 176 valence electrons. The summed E-state index contributed by atoms with van der Waals surface area (Å²) in [7, 11) is 0. The number of hydrogen-bond donors (Lipinski definition) is 10. The third kappa shape index (κ3) is 12.0. The van der Waals surface area contributed by atoms with E-state index in [-0.39, 0.29) is 31.8 Å². The van der Waals surface area contributed by atoms with Crippen molar-refractivity contribution in [3.05, 3.63) is 0 Å². The number of carboxylic acid groups (broad SMARTS) is 2. The number of carboxylic acids is 2. The van der Waals surface area contributed by atoms with Crippen molar-refractivity contribution in [2.24, 2.45) is 11.5 Å². The van der Waals surface area contributed by atoms with Crippen molar-refractivity contribution >= 4 is 35.6 Å². The molecule has 0 bridgehead atoms. The number of aliphatic hydroxyl groups is 1. The Morgan fingerprint density at radius 1 is 0.903 bits per heavy atom. The Hall–Kier alpha value is -3.46. The number of rotatable bonds is 15. The van der Waals surface area contributed by atoms with Crippen LogP contribution in [0.25, 0.3) is 0 Å². The van der Waals surface area contributed by atoms with E-state index in [0.717, 1.165) is 0 Å². The minimum absolute atomic E-state index is 0.0349. The van der Waals surface area contributed by atoms with Crippen LogP contribution in [0.3, 0.4) is 0 Å². The van der Waals surface area contributed by atoms with Crippen molar-refractivity contribution in [3.63, 3.8) is 0 Å². The zero-order chi connectivity index (χ0) is 24.0. The predicted octanol–water partition coefficient (Wildman–Crippen LogP) is -4.40. The van der Waals surface area contributed by atoms with E-state index in [9.17, 15) is 34.2 Å². The SMILES string of the molecule is N=C(N)NCCC[C@H](NC(=O)[C@H](CCC(=O)O)NC(=O)[C@H](CO)NC(=O)CN)C(=O)O. The van der Waals surface area contributed by atoms with E-state index in [1.165, 1.54) is 0 Å². The van der Waals surface area contributed by atoms with Gasteiger partial charge in [0.15, 0.2) is 5.96 Å². The molecule has 0 aliphatic rings. The highest BCUT2D eigenvalue weighted by molar-refractivity contribution is 5.93. The molecule has 12 N–H and O–H groups in total. The average Bonchev–Trinajstić information content (AvgIpc) is 2.70. The monoisotopic (exact) mass is 447 g/mol. The highest BCUT2D eigenvalue weighted by atomic mass is 16.4. The van der Waals surface area contributed by atoms with Gasteiger partial charge in [-0.3, -0.25) is 24.6 Å². The van der Waals surface area contributed by atoms with Crippen LogP contribution in [-0.4, -0.2) is 88.8 Å². The van der Waals surface area contributed by atoms with Gasteiger partial charge in [-0.2, -0.15) is 0 Å². The Morgan fingerprint density at radius 3 is 1.97 bits per heavy atom. The largest absolute Gasteiger partial charge is 0.481 e. The molecular weight excluding hydrogens is 418 g/mol. The maximum absolute atomic E-state index is 12.5. The first-order valence-corrected chi connectivity index (χ1v) is 9.25. The Balaban J connectivity index is 5.17. The molecule has 0 aromatic rings. The smallest absolute Gasteiger partial charge is 0.326 e. The zero-order valence-corrected chi connectivity index (χ0v) is 16.7. The molecule has 0 aliphatic carbocycles. The highest BCUT2D eigenvalue weighted by Crippen LogP contribution is 2.03. The molecule has 0 saturated heterocycles. The molecule has 0 rings (SSSR count). The minimum Gasteiger partial charge on any atom is -0.481 e. The zero-order valence-electron chi connectivity index (χ0n) is 16.7. The van der Waals surface area contributed by atoms with E-state index in [1.54, 1.807) is 0 Å². The summed E-state index contributed by atoms with van der Waals surface area (Å²) < 4.78 is 0. The summed E-state index contributed by atoms with van der Waals surface area (Å²) in [6.45, 7) is -1.08. The Bertz CT molecular complexity index is 672. The Morgan fingerprint density at radius 2 is 1.48 bits per heavy atom. The van der Waals surface area contributed by atoms with Crippen LogP contribution in [0.15, 0.2) is 0 Å². The molecule has 0 unspecified atom stereocenters. The second-order valence-corrected chi connectivity index (χ2v) is 6.38. The van der Waals surface area contributed by atoms with Crippen molar-refractivity contribution in [3.8, 4) is 0 Å². The maximum Gasteiger partial charge on any atom is 0.326 e. The lowest BCUT2D eigenvalue weighted by Crippen LogP contribution is -2.57. The fraction of sp³-hybridized carbons (Fsp3) is 0.625. The van der Waals surface area contributed by atoms with Gasteiger partial charge in [-0.05, 0) is 19.3 Å². The van der Waals surface area contributed by atoms with Gasteiger partial charge in [-0.15, -0.1) is 0 Å². The van der Waals surface area contributed by atoms with Crippen molar-refractivity contribution in [2.45, 2.75) is 43.8 Å². The van der Waals surface area contributed by atoms with E-state index in [0.29, 0.717) is 0 Å². The molecule has 0 aromatic carbocycles. The maximum atomic E-state index is 12.5. The number of carbonyl (C=O) groups is 5. The number of nitrogens with one attached hydrogen (secondary N) is 5. The molecule has 0 aromatic heterocycles. The third-order valence-electron chi connectivity index (χ3n) is 3.90. The van der Waals surface area contributed by atoms with E-state index < -0.39 is 67.4 Å². The molecule has 0 aliphatic heterocycles. The average molecular weight is 447 g/mol. The van der Waals surface area contributed by atoms with E-state index in [1.807, 2.05) is 0 Å². The number of nitrogens with two attached hydrogens (primary N) is 2. The number of aliphatic carboxylic acids is 2. The van der Waals surface area contributed by atoms with Crippen molar-refractivity contribution in [1.82, 2.24) is 21.3 Å². The molecule has 0 radical (unpaired) electrons. The summed E-state index contributed by atoms with van der Waals surface area (Å²) in [5.41, 5.74) is 10.2. The summed E-state index contributed by atoms with van der Waals surface area (Å²) in [6, 6.07) is -4.23. The van der Waals surface area contributed by atoms with Crippen LogP contribution >= 0.6 is 0 Å². The van der Waals surface area contributed by atoms with Gasteiger partial charge < -0.3 is 48.1 Å². The second-order valence-electron chi connectivity index (χ2n) is 6.38. The van der Waals surface area contributed by atoms with Gasteiger partial charge in [0, 0.05) is 13.0 Å². The van der Waals surface area contributed by atoms with Crippen LogP contribution < -0.4 is 32.7 Å². The van der Waals surface area contributed by atoms with E-state index >= 15 is 0 Å². The molecule has 0 fully saturated rings. The summed E-state index contributed by atoms with van der Waals surface area (Å²) in [5.74, 6) is -5.59. The summed E-state index contributed by atoms with van der Waals surface area (Å²) >= 11 is 0. The van der Waals surface area contributed by atoms with Crippen LogP contribution in [0.2, 0.25) is 0 Å². The third-order valence-corrected chi connectivity index (χ3v) is 3.90. The summed E-state index contributed by atoms with van der Waals surface area (Å²) in [6.07, 6.45) is -0.681. The molecule has 0 heterocycles. The van der Waals surface area contributed by atoms with Crippen LogP contribution in [0.5, 0.6) is 0 Å². The second kappa shape index (κ2) is 14.5. The molecule has 3 amide bonds. The van der Waals surface area contributed by atoms with Gasteiger partial charge in [0.1, 0.15) is 18.1 Å². The molecule has 31 heavy (non-hydrogen) atoms. The van der Waals surface area contributed by atoms with E-state index in [2.05, 4.69) is 21.3 Å². The summed E-state index contributed by atoms with van der Waals surface area (Å²) in [4.78, 5) is 58.4. The minimum atomic E-state index is -1.44. The van der Waals surface area contributed by atoms with Gasteiger partial charge in [-0.1, -0.05) is 0 Å². The number of carbonyl (C=O) groups excluding carboxylic acids is 3. The van der Waals surface area contributed by atoms with Gasteiger partial charge in [0.2, 0.25) is 17.7 Å². The standard InChI is InChI=1S/C16H29N7O8/c17-6-11(25)21-10(7-24)14(29)22-8(3-4-12(26)27)13(28)23-9(15(30)31)2-1-5-20-16(18)19/h8-10,24H,1-7,17H2,(H,21,25)(H,22,29)(H,23,28)(H,26,27)(H,30,31)(H4,18,19,20)/t8-,9-,10-/m0/s1. The van der Waals surface area contributed by atoms with Crippen LogP contribution in [-0.2, 0) is 24.0 Å². The van der Waals surface area contributed by atoms with Crippen molar-refractivity contribution < 1.29 is 39.3 Å². The summed E-state index contributed by atoms with van der Waals surface area (Å²) in [5, 5.41) is 43.5. The molecule has 0 saturated carbocycles. The quantitative estimate of drug-likeness (QED) is 0.0650. The number of amides is 3. The molecule has 3 atom stereocenters. The number of guanidine groups is 1. The van der Waals surface area contributed by atoms with Gasteiger partial charge in [0.05, 0.1) is 13.2 Å². The highest BCUT2D eigenvalue weighted by Gasteiger charge is 2.29. The van der Waals surface area contributed by atoms with Gasteiger partial charge in [-0.25, -0.2) is 4.79 Å². The first-order valence-electron chi connectivity index (χ1n) is 9.25. The lowest BCUT2D eigenvalue weighted by molar-refractivity contribution is -0.143. The molecule has 0 spiro atoms.